The van der Waals surface area contributed by atoms with Gasteiger partial charge >= 0.3 is 0 Å². The van der Waals surface area contributed by atoms with Crippen LogP contribution in [0.15, 0.2) is 30.3 Å². The predicted octanol–water partition coefficient (Wildman–Crippen LogP) is 2.71. The first-order valence-electron chi connectivity index (χ1n) is 12.4. The zero-order valence-corrected chi connectivity index (χ0v) is 19.7. The number of nitrogens with one attached hydrogen (secondary N) is 3. The molecule has 1 aliphatic heterocycles. The second-order valence-corrected chi connectivity index (χ2v) is 10.0. The summed E-state index contributed by atoms with van der Waals surface area (Å²) in [5.41, 5.74) is 1.37. The standard InChI is InChI=1S/C26H41N3O2/c1-4-20(3)24(28-25(30)22-12-10-19(2)11-13-22)26(31)27-23-14-16-29(17-15-23)18-21-8-6-5-7-9-21/h5-9,19-20,22-24H,4,10-18H2,1-3H3,(H,27,31)(H,28,30)/p+1/t19?,20-,22?,24-/m1/s1. The smallest absolute Gasteiger partial charge is 0.243 e. The van der Waals surface area contributed by atoms with E-state index in [4.69, 9.17) is 0 Å². The first-order valence-corrected chi connectivity index (χ1v) is 12.4. The summed E-state index contributed by atoms with van der Waals surface area (Å²) in [4.78, 5) is 27.6. The average molecular weight is 429 g/mol. The van der Waals surface area contributed by atoms with Gasteiger partial charge in [-0.1, -0.05) is 57.5 Å². The third-order valence-electron chi connectivity index (χ3n) is 7.52. The molecule has 1 saturated carbocycles. The molecule has 0 radical (unpaired) electrons. The quantitative estimate of drug-likeness (QED) is 0.596. The Morgan fingerprint density at radius 2 is 1.68 bits per heavy atom. The zero-order valence-electron chi connectivity index (χ0n) is 19.7. The Labute approximate surface area is 188 Å². The fourth-order valence-corrected chi connectivity index (χ4v) is 5.02. The second kappa shape index (κ2) is 11.7. The van der Waals surface area contributed by atoms with E-state index in [1.165, 1.54) is 5.56 Å². The summed E-state index contributed by atoms with van der Waals surface area (Å²) in [6.07, 6.45) is 6.99. The summed E-state index contributed by atoms with van der Waals surface area (Å²) in [5, 5.41) is 6.39. The van der Waals surface area contributed by atoms with Crippen LogP contribution >= 0.6 is 0 Å². The van der Waals surface area contributed by atoms with Crippen molar-refractivity contribution < 1.29 is 14.5 Å². The van der Waals surface area contributed by atoms with Gasteiger partial charge in [0.25, 0.3) is 0 Å². The maximum absolute atomic E-state index is 13.1. The second-order valence-electron chi connectivity index (χ2n) is 10.0. The van der Waals surface area contributed by atoms with Gasteiger partial charge in [-0.15, -0.1) is 0 Å². The lowest BCUT2D eigenvalue weighted by atomic mass is 9.82. The van der Waals surface area contributed by atoms with Crippen molar-refractivity contribution in [3.8, 4) is 0 Å². The molecule has 1 aromatic carbocycles. The van der Waals surface area contributed by atoms with Crippen LogP contribution in [0.4, 0.5) is 0 Å². The van der Waals surface area contributed by atoms with Crippen molar-refractivity contribution in [3.63, 3.8) is 0 Å². The maximum Gasteiger partial charge on any atom is 0.243 e. The molecule has 1 saturated heterocycles. The molecular weight excluding hydrogens is 386 g/mol. The molecule has 0 spiro atoms. The van der Waals surface area contributed by atoms with E-state index < -0.39 is 6.04 Å². The molecule has 2 fully saturated rings. The highest BCUT2D eigenvalue weighted by Gasteiger charge is 2.32. The van der Waals surface area contributed by atoms with E-state index in [2.05, 4.69) is 61.7 Å². The van der Waals surface area contributed by atoms with Crippen LogP contribution in [0.1, 0.15) is 71.3 Å². The zero-order chi connectivity index (χ0) is 22.2. The van der Waals surface area contributed by atoms with Gasteiger partial charge in [-0.25, -0.2) is 0 Å². The van der Waals surface area contributed by atoms with Crippen LogP contribution in [-0.2, 0) is 16.1 Å². The van der Waals surface area contributed by atoms with E-state index in [0.717, 1.165) is 64.6 Å². The van der Waals surface area contributed by atoms with Gasteiger partial charge < -0.3 is 15.5 Å². The van der Waals surface area contributed by atoms with E-state index in [1.807, 2.05) is 0 Å². The Balaban J connectivity index is 1.48. The van der Waals surface area contributed by atoms with E-state index >= 15 is 0 Å². The van der Waals surface area contributed by atoms with Crippen LogP contribution in [0.5, 0.6) is 0 Å². The summed E-state index contributed by atoms with van der Waals surface area (Å²) in [5.74, 6) is 1.00. The molecule has 2 aliphatic rings. The number of hydrogen-bond acceptors (Lipinski definition) is 2. The fraction of sp³-hybridized carbons (Fsp3) is 0.692. The van der Waals surface area contributed by atoms with E-state index in [-0.39, 0.29) is 29.7 Å². The molecule has 1 aliphatic carbocycles. The summed E-state index contributed by atoms with van der Waals surface area (Å²) in [7, 11) is 0. The summed E-state index contributed by atoms with van der Waals surface area (Å²) >= 11 is 0. The van der Waals surface area contributed by atoms with Gasteiger partial charge in [0.2, 0.25) is 11.8 Å². The molecule has 1 aromatic rings. The molecule has 1 heterocycles. The van der Waals surface area contributed by atoms with Crippen LogP contribution in [0.2, 0.25) is 0 Å². The third kappa shape index (κ3) is 7.06. The number of benzene rings is 1. The highest BCUT2D eigenvalue weighted by Crippen LogP contribution is 2.28. The Bertz CT molecular complexity index is 692. The van der Waals surface area contributed by atoms with Crippen molar-refractivity contribution in [2.24, 2.45) is 17.8 Å². The van der Waals surface area contributed by atoms with E-state index in [1.54, 1.807) is 4.90 Å². The Morgan fingerprint density at radius 3 is 2.29 bits per heavy atom. The average Bonchev–Trinajstić information content (AvgIpc) is 2.79. The molecule has 5 heteroatoms. The summed E-state index contributed by atoms with van der Waals surface area (Å²) in [6, 6.07) is 10.4. The van der Waals surface area contributed by atoms with Crippen molar-refractivity contribution in [1.82, 2.24) is 10.6 Å². The van der Waals surface area contributed by atoms with Gasteiger partial charge in [-0.2, -0.15) is 0 Å². The first kappa shape index (κ1) is 23.8. The van der Waals surface area contributed by atoms with Crippen molar-refractivity contribution in [1.29, 1.82) is 0 Å². The van der Waals surface area contributed by atoms with E-state index in [9.17, 15) is 9.59 Å². The number of piperidine rings is 1. The lowest BCUT2D eigenvalue weighted by molar-refractivity contribution is -0.918. The SMILES string of the molecule is CC[C@@H](C)[C@@H](NC(=O)C1CCC(C)CC1)C(=O)NC1CC[NH+](Cc2ccccc2)CC1. The molecule has 5 nitrogen and oxygen atoms in total. The molecule has 2 atom stereocenters. The largest absolute Gasteiger partial charge is 0.351 e. The molecule has 3 N–H and O–H groups in total. The van der Waals surface area contributed by atoms with Crippen molar-refractivity contribution in [3.05, 3.63) is 35.9 Å². The molecule has 31 heavy (non-hydrogen) atoms. The van der Waals surface area contributed by atoms with Gasteiger partial charge in [0.1, 0.15) is 12.6 Å². The highest BCUT2D eigenvalue weighted by molar-refractivity contribution is 5.88. The van der Waals surface area contributed by atoms with Crippen LogP contribution < -0.4 is 15.5 Å². The van der Waals surface area contributed by atoms with Gasteiger partial charge in [-0.3, -0.25) is 9.59 Å². The number of quaternary nitrogens is 1. The van der Waals surface area contributed by atoms with Gasteiger partial charge in [0.05, 0.1) is 13.1 Å². The summed E-state index contributed by atoms with van der Waals surface area (Å²) in [6.45, 7) is 9.61. The number of carbonyl (C=O) groups is 2. The number of rotatable bonds is 8. The summed E-state index contributed by atoms with van der Waals surface area (Å²) < 4.78 is 0. The fourth-order valence-electron chi connectivity index (χ4n) is 5.02. The Morgan fingerprint density at radius 1 is 1.03 bits per heavy atom. The normalized spacial score (nSPS) is 28.4. The van der Waals surface area contributed by atoms with E-state index in [0.29, 0.717) is 5.92 Å². The topological polar surface area (TPSA) is 62.6 Å². The van der Waals surface area contributed by atoms with Crippen LogP contribution in [-0.4, -0.2) is 37.0 Å². The van der Waals surface area contributed by atoms with Crippen molar-refractivity contribution in [2.75, 3.05) is 13.1 Å². The van der Waals surface area contributed by atoms with Crippen molar-refractivity contribution >= 4 is 11.8 Å². The molecule has 0 unspecified atom stereocenters. The van der Waals surface area contributed by atoms with Crippen molar-refractivity contribution in [2.45, 2.75) is 84.3 Å². The highest BCUT2D eigenvalue weighted by atomic mass is 16.2. The van der Waals surface area contributed by atoms with Gasteiger partial charge in [0, 0.05) is 30.4 Å². The monoisotopic (exact) mass is 428 g/mol. The Hall–Kier alpha value is -1.88. The minimum Gasteiger partial charge on any atom is -0.351 e. The van der Waals surface area contributed by atoms with Crippen LogP contribution in [0.3, 0.4) is 0 Å². The lowest BCUT2D eigenvalue weighted by Gasteiger charge is -2.33. The number of hydrogen-bond donors (Lipinski definition) is 3. The third-order valence-corrected chi connectivity index (χ3v) is 7.52. The molecule has 0 aromatic heterocycles. The molecule has 2 amide bonds. The first-order chi connectivity index (χ1) is 15.0. The minimum atomic E-state index is -0.424. The number of amides is 2. The maximum atomic E-state index is 13.1. The number of carbonyl (C=O) groups excluding carboxylic acids is 2. The lowest BCUT2D eigenvalue weighted by Crippen LogP contribution is -3.12. The molecular formula is C26H42N3O2+. The number of likely N-dealkylation sites (tertiary alicyclic amines) is 1. The van der Waals surface area contributed by atoms with Crippen LogP contribution in [0.25, 0.3) is 0 Å². The molecule has 3 rings (SSSR count). The van der Waals surface area contributed by atoms with Gasteiger partial charge in [-0.05, 0) is 37.5 Å². The molecule has 0 bridgehead atoms. The molecule has 172 valence electrons. The Kier molecular flexibility index (Phi) is 8.94. The van der Waals surface area contributed by atoms with Crippen LogP contribution in [0, 0.1) is 17.8 Å². The minimum absolute atomic E-state index is 0.00314. The van der Waals surface area contributed by atoms with Gasteiger partial charge in [0.15, 0.2) is 0 Å². The predicted molar refractivity (Wildman–Crippen MR) is 125 cm³/mol.